The third kappa shape index (κ3) is 2.54. The fraction of sp³-hybridized carbons (Fsp3) is 0.714. The Morgan fingerprint density at radius 3 is 1.61 bits per heavy atom. The van der Waals surface area contributed by atoms with Gasteiger partial charge < -0.3 is 21.3 Å². The summed E-state index contributed by atoms with van der Waals surface area (Å²) < 4.78 is 0. The van der Waals surface area contributed by atoms with E-state index in [9.17, 15) is 0 Å². The molecule has 4 heteroatoms. The van der Waals surface area contributed by atoms with Gasteiger partial charge >= 0.3 is 0 Å². The maximum Gasteiger partial charge on any atom is 0.0532 e. The molecule has 0 radical (unpaired) electrons. The van der Waals surface area contributed by atoms with Crippen molar-refractivity contribution in [1.29, 1.82) is 0 Å². The Balaban J connectivity index is 1.78. The monoisotopic (exact) mass is 248 g/mol. The standard InChI is InChI=1S/C14H24N4/c1-3-7-15-11(5-1)13-14(18-10-9-17-13)12-6-2-4-8-16-12/h9-12,15-18H,1-8H2. The van der Waals surface area contributed by atoms with Crippen LogP contribution in [0.1, 0.15) is 38.5 Å². The second-order valence-electron chi connectivity index (χ2n) is 5.45. The molecule has 3 aliphatic rings. The van der Waals surface area contributed by atoms with Crippen molar-refractivity contribution in [3.05, 3.63) is 23.8 Å². The van der Waals surface area contributed by atoms with Crippen LogP contribution >= 0.6 is 0 Å². The molecule has 2 atom stereocenters. The number of rotatable bonds is 2. The molecule has 3 aliphatic heterocycles. The molecule has 4 N–H and O–H groups in total. The first kappa shape index (κ1) is 12.1. The Hall–Kier alpha value is -1.00. The average molecular weight is 248 g/mol. The number of hydrogen-bond acceptors (Lipinski definition) is 4. The van der Waals surface area contributed by atoms with Crippen molar-refractivity contribution in [3.63, 3.8) is 0 Å². The van der Waals surface area contributed by atoms with E-state index in [1.807, 2.05) is 12.4 Å². The van der Waals surface area contributed by atoms with Gasteiger partial charge in [-0.05, 0) is 38.8 Å². The van der Waals surface area contributed by atoms with E-state index in [4.69, 9.17) is 0 Å². The second kappa shape index (κ2) is 5.76. The molecule has 0 aromatic heterocycles. The van der Waals surface area contributed by atoms with Gasteiger partial charge in [0.1, 0.15) is 0 Å². The van der Waals surface area contributed by atoms with E-state index in [0.29, 0.717) is 12.1 Å². The molecule has 4 nitrogen and oxygen atoms in total. The van der Waals surface area contributed by atoms with Crippen molar-refractivity contribution >= 4 is 0 Å². The summed E-state index contributed by atoms with van der Waals surface area (Å²) in [5, 5.41) is 14.2. The highest BCUT2D eigenvalue weighted by molar-refractivity contribution is 5.28. The van der Waals surface area contributed by atoms with E-state index >= 15 is 0 Å². The summed E-state index contributed by atoms with van der Waals surface area (Å²) in [5.41, 5.74) is 2.72. The summed E-state index contributed by atoms with van der Waals surface area (Å²) in [6.07, 6.45) is 11.8. The molecule has 0 amide bonds. The van der Waals surface area contributed by atoms with E-state index < -0.39 is 0 Å². The SMILES string of the molecule is C1=CNC(C2CCCCN2)=C(C2CCCCN2)N1. The van der Waals surface area contributed by atoms with Crippen LogP contribution in [0.15, 0.2) is 23.8 Å². The van der Waals surface area contributed by atoms with Gasteiger partial charge in [0.15, 0.2) is 0 Å². The number of piperidine rings is 2. The first-order chi connectivity index (χ1) is 8.95. The summed E-state index contributed by atoms with van der Waals surface area (Å²) in [5.74, 6) is 0. The Bertz CT molecular complexity index is 304. The van der Waals surface area contributed by atoms with Crippen molar-refractivity contribution < 1.29 is 0 Å². The summed E-state index contributed by atoms with van der Waals surface area (Å²) in [6, 6.07) is 0.991. The van der Waals surface area contributed by atoms with Crippen LogP contribution in [0.25, 0.3) is 0 Å². The quantitative estimate of drug-likeness (QED) is 0.592. The molecule has 0 saturated carbocycles. The molecule has 0 bridgehead atoms. The van der Waals surface area contributed by atoms with Crippen molar-refractivity contribution in [2.75, 3.05) is 13.1 Å². The predicted molar refractivity (Wildman–Crippen MR) is 73.7 cm³/mol. The lowest BCUT2D eigenvalue weighted by Crippen LogP contribution is -2.47. The van der Waals surface area contributed by atoms with Gasteiger partial charge in [0.2, 0.25) is 0 Å². The van der Waals surface area contributed by atoms with Crippen molar-refractivity contribution in [1.82, 2.24) is 21.3 Å². The van der Waals surface area contributed by atoms with Crippen LogP contribution in [0, 0.1) is 0 Å². The van der Waals surface area contributed by atoms with Crippen LogP contribution in [0.4, 0.5) is 0 Å². The smallest absolute Gasteiger partial charge is 0.0532 e. The van der Waals surface area contributed by atoms with E-state index in [0.717, 1.165) is 13.1 Å². The average Bonchev–Trinajstić information content (AvgIpc) is 2.49. The number of hydrogen-bond donors (Lipinski definition) is 4. The normalized spacial score (nSPS) is 32.9. The van der Waals surface area contributed by atoms with Crippen molar-refractivity contribution in [2.24, 2.45) is 0 Å². The van der Waals surface area contributed by atoms with Crippen LogP contribution in [0.3, 0.4) is 0 Å². The lowest BCUT2D eigenvalue weighted by atomic mass is 9.94. The molecule has 2 saturated heterocycles. The van der Waals surface area contributed by atoms with Gasteiger partial charge in [0.25, 0.3) is 0 Å². The Morgan fingerprint density at radius 1 is 0.722 bits per heavy atom. The Kier molecular flexibility index (Phi) is 3.86. The molecule has 2 fully saturated rings. The van der Waals surface area contributed by atoms with Gasteiger partial charge in [-0.15, -0.1) is 0 Å². The molecule has 3 rings (SSSR count). The van der Waals surface area contributed by atoms with Crippen LogP contribution < -0.4 is 21.3 Å². The topological polar surface area (TPSA) is 48.1 Å². The van der Waals surface area contributed by atoms with Crippen LogP contribution in [-0.2, 0) is 0 Å². The molecule has 3 heterocycles. The van der Waals surface area contributed by atoms with Gasteiger partial charge in [-0.3, -0.25) is 0 Å². The van der Waals surface area contributed by atoms with E-state index in [1.165, 1.54) is 49.9 Å². The Morgan fingerprint density at radius 2 is 1.22 bits per heavy atom. The highest BCUT2D eigenvalue weighted by atomic mass is 15.1. The molecule has 0 spiro atoms. The second-order valence-corrected chi connectivity index (χ2v) is 5.45. The molecular formula is C14H24N4. The lowest BCUT2D eigenvalue weighted by molar-refractivity contribution is 0.396. The highest BCUT2D eigenvalue weighted by Gasteiger charge is 2.26. The maximum atomic E-state index is 3.64. The van der Waals surface area contributed by atoms with Gasteiger partial charge in [-0.1, -0.05) is 12.8 Å². The van der Waals surface area contributed by atoms with Crippen molar-refractivity contribution in [3.8, 4) is 0 Å². The summed E-state index contributed by atoms with van der Waals surface area (Å²) in [7, 11) is 0. The predicted octanol–water partition coefficient (Wildman–Crippen LogP) is 1.15. The fourth-order valence-corrected chi connectivity index (χ4v) is 3.19. The number of nitrogens with one attached hydrogen (secondary N) is 4. The first-order valence-corrected chi connectivity index (χ1v) is 7.34. The van der Waals surface area contributed by atoms with E-state index in [2.05, 4.69) is 21.3 Å². The molecule has 0 aromatic rings. The minimum atomic E-state index is 0.495. The van der Waals surface area contributed by atoms with Crippen LogP contribution in [0.2, 0.25) is 0 Å². The Labute approximate surface area is 109 Å². The minimum absolute atomic E-state index is 0.495. The largest absolute Gasteiger partial charge is 0.361 e. The summed E-state index contributed by atoms with van der Waals surface area (Å²) in [6.45, 7) is 2.29. The molecule has 2 unspecified atom stereocenters. The minimum Gasteiger partial charge on any atom is -0.361 e. The zero-order valence-electron chi connectivity index (χ0n) is 11.0. The third-order valence-corrected chi connectivity index (χ3v) is 4.17. The van der Waals surface area contributed by atoms with Crippen LogP contribution in [-0.4, -0.2) is 25.2 Å². The fourth-order valence-electron chi connectivity index (χ4n) is 3.19. The molecular weight excluding hydrogens is 224 g/mol. The van der Waals surface area contributed by atoms with Crippen molar-refractivity contribution in [2.45, 2.75) is 50.6 Å². The molecule has 0 aromatic carbocycles. The zero-order valence-corrected chi connectivity index (χ0v) is 11.0. The third-order valence-electron chi connectivity index (χ3n) is 4.17. The van der Waals surface area contributed by atoms with Gasteiger partial charge in [0.05, 0.1) is 11.4 Å². The van der Waals surface area contributed by atoms with E-state index in [-0.39, 0.29) is 0 Å². The first-order valence-electron chi connectivity index (χ1n) is 7.34. The lowest BCUT2D eigenvalue weighted by Gasteiger charge is -2.34. The van der Waals surface area contributed by atoms with E-state index in [1.54, 1.807) is 0 Å². The van der Waals surface area contributed by atoms with Gasteiger partial charge in [0, 0.05) is 24.5 Å². The van der Waals surface area contributed by atoms with Gasteiger partial charge in [-0.25, -0.2) is 0 Å². The summed E-state index contributed by atoms with van der Waals surface area (Å²) in [4.78, 5) is 0. The molecule has 18 heavy (non-hydrogen) atoms. The zero-order chi connectivity index (χ0) is 12.2. The maximum absolute atomic E-state index is 3.64. The molecule has 100 valence electrons. The highest BCUT2D eigenvalue weighted by Crippen LogP contribution is 2.22. The molecule has 0 aliphatic carbocycles. The van der Waals surface area contributed by atoms with Gasteiger partial charge in [-0.2, -0.15) is 0 Å². The van der Waals surface area contributed by atoms with Crippen LogP contribution in [0.5, 0.6) is 0 Å². The summed E-state index contributed by atoms with van der Waals surface area (Å²) >= 11 is 0.